The topological polar surface area (TPSA) is 26.3 Å². The lowest BCUT2D eigenvalue weighted by Crippen LogP contribution is -2.36. The molecule has 0 bridgehead atoms. The molecule has 1 aromatic carbocycles. The summed E-state index contributed by atoms with van der Waals surface area (Å²) in [5.41, 5.74) is -0.0199. The zero-order valence-corrected chi connectivity index (χ0v) is 9.95. The van der Waals surface area contributed by atoms with Crippen LogP contribution in [0.3, 0.4) is 0 Å². The number of ketones is 1. The molecule has 0 radical (unpaired) electrons. The lowest BCUT2D eigenvalue weighted by molar-refractivity contribution is 0.0620. The van der Waals surface area contributed by atoms with Crippen LogP contribution in [-0.4, -0.2) is 11.4 Å². The van der Waals surface area contributed by atoms with Gasteiger partial charge >= 0.3 is 0 Å². The van der Waals surface area contributed by atoms with Crippen LogP contribution >= 0.6 is 23.2 Å². The summed E-state index contributed by atoms with van der Waals surface area (Å²) in [7, 11) is 0. The monoisotopic (exact) mass is 244 g/mol. The molecule has 15 heavy (non-hydrogen) atoms. The van der Waals surface area contributed by atoms with Crippen molar-refractivity contribution >= 4 is 29.0 Å². The molecule has 0 fully saturated rings. The maximum absolute atomic E-state index is 11.8. The fourth-order valence-electron chi connectivity index (χ4n) is 1.67. The molecule has 1 aliphatic rings. The Labute approximate surface area is 98.1 Å². The van der Waals surface area contributed by atoms with Crippen LogP contribution in [0, 0.1) is 0 Å². The third kappa shape index (κ3) is 1.97. The van der Waals surface area contributed by atoms with Crippen molar-refractivity contribution in [3.63, 3.8) is 0 Å². The van der Waals surface area contributed by atoms with Gasteiger partial charge in [-0.15, -0.1) is 0 Å². The van der Waals surface area contributed by atoms with Crippen molar-refractivity contribution in [3.05, 3.63) is 27.7 Å². The molecule has 1 heterocycles. The minimum absolute atomic E-state index is 0.0191. The summed E-state index contributed by atoms with van der Waals surface area (Å²) in [6.45, 7) is 3.72. The third-order valence-corrected chi connectivity index (χ3v) is 2.77. The third-order valence-electron chi connectivity index (χ3n) is 2.27. The van der Waals surface area contributed by atoms with E-state index in [2.05, 4.69) is 0 Å². The van der Waals surface area contributed by atoms with Gasteiger partial charge in [0.25, 0.3) is 0 Å². The number of hydrogen-bond donors (Lipinski definition) is 0. The summed E-state index contributed by atoms with van der Waals surface area (Å²) >= 11 is 11.8. The summed E-state index contributed by atoms with van der Waals surface area (Å²) < 4.78 is 5.66. The fourth-order valence-corrected chi connectivity index (χ4v) is 2.20. The van der Waals surface area contributed by atoms with E-state index in [1.807, 2.05) is 13.8 Å². The van der Waals surface area contributed by atoms with E-state index in [4.69, 9.17) is 27.9 Å². The van der Waals surface area contributed by atoms with Gasteiger partial charge in [-0.1, -0.05) is 23.2 Å². The van der Waals surface area contributed by atoms with Gasteiger partial charge in [-0.2, -0.15) is 0 Å². The predicted molar refractivity (Wildman–Crippen MR) is 60.1 cm³/mol. The van der Waals surface area contributed by atoms with Crippen molar-refractivity contribution in [2.75, 3.05) is 0 Å². The number of rotatable bonds is 0. The van der Waals surface area contributed by atoms with Crippen LogP contribution in [0.5, 0.6) is 5.75 Å². The molecule has 1 aromatic rings. The molecule has 0 spiro atoms. The average Bonchev–Trinajstić information content (AvgIpc) is 2.06. The van der Waals surface area contributed by atoms with Crippen molar-refractivity contribution in [2.45, 2.75) is 25.9 Å². The first-order valence-corrected chi connectivity index (χ1v) is 5.36. The molecule has 0 amide bonds. The first-order chi connectivity index (χ1) is 6.89. The minimum Gasteiger partial charge on any atom is -0.485 e. The van der Waals surface area contributed by atoms with Gasteiger partial charge < -0.3 is 4.74 Å². The number of ether oxygens (including phenoxy) is 1. The maximum Gasteiger partial charge on any atom is 0.170 e. The van der Waals surface area contributed by atoms with Crippen molar-refractivity contribution in [3.8, 4) is 5.75 Å². The van der Waals surface area contributed by atoms with Crippen molar-refractivity contribution < 1.29 is 9.53 Å². The Kier molecular flexibility index (Phi) is 2.44. The van der Waals surface area contributed by atoms with E-state index in [0.29, 0.717) is 27.8 Å². The minimum atomic E-state index is -0.498. The number of hydrogen-bond acceptors (Lipinski definition) is 2. The molecule has 0 atom stereocenters. The van der Waals surface area contributed by atoms with Gasteiger partial charge in [0, 0.05) is 5.02 Å². The Morgan fingerprint density at radius 3 is 2.67 bits per heavy atom. The second-order valence-corrected chi connectivity index (χ2v) is 5.07. The molecule has 2 nitrogen and oxygen atoms in total. The Balaban J connectivity index is 2.60. The summed E-state index contributed by atoms with van der Waals surface area (Å²) in [5.74, 6) is 0.466. The van der Waals surface area contributed by atoms with E-state index in [9.17, 15) is 4.79 Å². The molecule has 0 N–H and O–H groups in total. The van der Waals surface area contributed by atoms with Crippen LogP contribution < -0.4 is 4.74 Å². The van der Waals surface area contributed by atoms with Crippen LogP contribution in [-0.2, 0) is 0 Å². The van der Waals surface area contributed by atoms with Gasteiger partial charge in [0.2, 0.25) is 0 Å². The molecular weight excluding hydrogens is 235 g/mol. The number of carbonyl (C=O) groups is 1. The van der Waals surface area contributed by atoms with E-state index in [0.717, 1.165) is 0 Å². The number of benzene rings is 1. The zero-order valence-electron chi connectivity index (χ0n) is 8.43. The highest BCUT2D eigenvalue weighted by Crippen LogP contribution is 2.40. The van der Waals surface area contributed by atoms with Gasteiger partial charge in [0.05, 0.1) is 17.0 Å². The fraction of sp³-hybridized carbons (Fsp3) is 0.364. The Morgan fingerprint density at radius 2 is 2.00 bits per heavy atom. The molecule has 2 rings (SSSR count). The molecule has 0 aliphatic carbocycles. The highest BCUT2D eigenvalue weighted by atomic mass is 35.5. The number of fused-ring (bicyclic) bond motifs is 1. The Morgan fingerprint density at radius 1 is 1.33 bits per heavy atom. The van der Waals surface area contributed by atoms with Crippen LogP contribution in [0.15, 0.2) is 12.1 Å². The zero-order chi connectivity index (χ0) is 11.2. The Bertz CT molecular complexity index is 438. The Hall–Kier alpha value is -0.730. The number of carbonyl (C=O) groups excluding carboxylic acids is 1. The van der Waals surface area contributed by atoms with Gasteiger partial charge in [0.1, 0.15) is 11.4 Å². The molecule has 0 saturated carbocycles. The predicted octanol–water partition coefficient (Wildman–Crippen LogP) is 3.74. The molecule has 0 unspecified atom stereocenters. The lowest BCUT2D eigenvalue weighted by atomic mass is 9.93. The molecule has 0 aromatic heterocycles. The standard InChI is InChI=1S/C11H10Cl2O2/c1-11(2)5-9(14)7-3-6(12)4-8(13)10(7)15-11/h3-4H,5H2,1-2H3. The number of Topliss-reactive ketones (excluding diaryl/α,β-unsaturated/α-hetero) is 1. The van der Waals surface area contributed by atoms with E-state index in [1.165, 1.54) is 0 Å². The van der Waals surface area contributed by atoms with E-state index in [1.54, 1.807) is 12.1 Å². The molecule has 80 valence electrons. The summed E-state index contributed by atoms with van der Waals surface area (Å²) in [4.78, 5) is 11.8. The van der Waals surface area contributed by atoms with E-state index >= 15 is 0 Å². The van der Waals surface area contributed by atoms with Gasteiger partial charge in [0.15, 0.2) is 5.78 Å². The van der Waals surface area contributed by atoms with E-state index < -0.39 is 5.60 Å². The smallest absolute Gasteiger partial charge is 0.170 e. The largest absolute Gasteiger partial charge is 0.485 e. The molecule has 0 saturated heterocycles. The number of halogens is 2. The lowest BCUT2D eigenvalue weighted by Gasteiger charge is -2.32. The molecular formula is C11H10Cl2O2. The second kappa shape index (κ2) is 3.39. The van der Waals surface area contributed by atoms with E-state index in [-0.39, 0.29) is 5.78 Å². The maximum atomic E-state index is 11.8. The van der Waals surface area contributed by atoms with Gasteiger partial charge in [-0.3, -0.25) is 4.79 Å². The normalized spacial score (nSPS) is 18.3. The summed E-state index contributed by atoms with van der Waals surface area (Å²) in [6, 6.07) is 3.18. The summed E-state index contributed by atoms with van der Waals surface area (Å²) in [6.07, 6.45) is 0.344. The highest BCUT2D eigenvalue weighted by Gasteiger charge is 2.33. The quantitative estimate of drug-likeness (QED) is 0.695. The SMILES string of the molecule is CC1(C)CC(=O)c2cc(Cl)cc(Cl)c2O1. The molecule has 4 heteroatoms. The first-order valence-electron chi connectivity index (χ1n) is 4.60. The van der Waals surface area contributed by atoms with Gasteiger partial charge in [-0.05, 0) is 26.0 Å². The van der Waals surface area contributed by atoms with Crippen LogP contribution in [0.2, 0.25) is 10.0 Å². The van der Waals surface area contributed by atoms with Crippen molar-refractivity contribution in [2.24, 2.45) is 0 Å². The van der Waals surface area contributed by atoms with Gasteiger partial charge in [-0.25, -0.2) is 0 Å². The second-order valence-electron chi connectivity index (χ2n) is 4.23. The van der Waals surface area contributed by atoms with Crippen LogP contribution in [0.25, 0.3) is 0 Å². The van der Waals surface area contributed by atoms with Crippen molar-refractivity contribution in [1.82, 2.24) is 0 Å². The highest BCUT2D eigenvalue weighted by molar-refractivity contribution is 6.36. The average molecular weight is 245 g/mol. The molecule has 1 aliphatic heterocycles. The summed E-state index contributed by atoms with van der Waals surface area (Å²) in [5, 5.41) is 0.842. The van der Waals surface area contributed by atoms with Crippen LogP contribution in [0.4, 0.5) is 0 Å². The van der Waals surface area contributed by atoms with Crippen LogP contribution in [0.1, 0.15) is 30.6 Å². The first kappa shape index (κ1) is 10.8. The van der Waals surface area contributed by atoms with Crippen molar-refractivity contribution in [1.29, 1.82) is 0 Å².